The summed E-state index contributed by atoms with van der Waals surface area (Å²) in [5, 5.41) is 7.95. The molecule has 2 aromatic heterocycles. The molecule has 0 spiro atoms. The lowest BCUT2D eigenvalue weighted by Gasteiger charge is -2.07. The second kappa shape index (κ2) is 4.08. The Balaban J connectivity index is 2.53. The minimum absolute atomic E-state index is 0.709. The molecule has 0 bridgehead atoms. The van der Waals surface area contributed by atoms with Crippen molar-refractivity contribution in [3.8, 4) is 17.1 Å². The van der Waals surface area contributed by atoms with Gasteiger partial charge in [-0.25, -0.2) is 0 Å². The summed E-state index contributed by atoms with van der Waals surface area (Å²) in [7, 11) is 1.62. The molecule has 0 aromatic carbocycles. The molecule has 0 aliphatic heterocycles. The van der Waals surface area contributed by atoms with Gasteiger partial charge in [0.2, 0.25) is 0 Å². The van der Waals surface area contributed by atoms with E-state index in [0.717, 1.165) is 17.9 Å². The molecular formula is C10H12N4O. The van der Waals surface area contributed by atoms with Crippen LogP contribution in [0.3, 0.4) is 0 Å². The van der Waals surface area contributed by atoms with Crippen LogP contribution in [0.15, 0.2) is 24.8 Å². The van der Waals surface area contributed by atoms with Gasteiger partial charge in [-0.15, -0.1) is 10.2 Å². The first kappa shape index (κ1) is 9.64. The predicted octanol–water partition coefficient (Wildman–Crippen LogP) is 1.37. The Hall–Kier alpha value is -1.91. The van der Waals surface area contributed by atoms with E-state index in [4.69, 9.17) is 4.74 Å². The van der Waals surface area contributed by atoms with Crippen molar-refractivity contribution in [2.75, 3.05) is 7.11 Å². The van der Waals surface area contributed by atoms with Crippen molar-refractivity contribution in [2.24, 2.45) is 0 Å². The van der Waals surface area contributed by atoms with Crippen LogP contribution in [0.4, 0.5) is 0 Å². The summed E-state index contributed by atoms with van der Waals surface area (Å²) < 4.78 is 7.18. The van der Waals surface area contributed by atoms with Crippen LogP contribution >= 0.6 is 0 Å². The summed E-state index contributed by atoms with van der Waals surface area (Å²) in [6, 6.07) is 1.87. The van der Waals surface area contributed by atoms with E-state index in [1.807, 2.05) is 17.6 Å². The average Bonchev–Trinajstić information content (AvgIpc) is 2.76. The van der Waals surface area contributed by atoms with E-state index in [1.165, 1.54) is 0 Å². The van der Waals surface area contributed by atoms with Crippen LogP contribution < -0.4 is 4.74 Å². The Morgan fingerprint density at radius 2 is 2.33 bits per heavy atom. The van der Waals surface area contributed by atoms with Gasteiger partial charge in [0.1, 0.15) is 12.1 Å². The molecule has 0 aliphatic carbocycles. The summed E-state index contributed by atoms with van der Waals surface area (Å²) in [6.07, 6.45) is 5.09. The number of ether oxygens (including phenoxy) is 1. The fraction of sp³-hybridized carbons (Fsp3) is 0.300. The van der Waals surface area contributed by atoms with Crippen molar-refractivity contribution in [2.45, 2.75) is 13.5 Å². The van der Waals surface area contributed by atoms with Gasteiger partial charge in [0, 0.05) is 12.7 Å². The SMILES string of the molecule is CCn1cnnc1-c1ccncc1OC. The summed E-state index contributed by atoms with van der Waals surface area (Å²) in [4.78, 5) is 4.00. The zero-order valence-corrected chi connectivity index (χ0v) is 8.71. The maximum absolute atomic E-state index is 5.23. The summed E-state index contributed by atoms with van der Waals surface area (Å²) in [6.45, 7) is 2.87. The minimum atomic E-state index is 0.709. The molecule has 5 heteroatoms. The van der Waals surface area contributed by atoms with Crippen LogP contribution in [0.5, 0.6) is 5.75 Å². The average molecular weight is 204 g/mol. The van der Waals surface area contributed by atoms with Gasteiger partial charge in [0.15, 0.2) is 5.82 Å². The smallest absolute Gasteiger partial charge is 0.167 e. The van der Waals surface area contributed by atoms with Gasteiger partial charge in [0.25, 0.3) is 0 Å². The largest absolute Gasteiger partial charge is 0.494 e. The lowest BCUT2D eigenvalue weighted by atomic mass is 10.2. The van der Waals surface area contributed by atoms with Crippen LogP contribution in [0.25, 0.3) is 11.4 Å². The van der Waals surface area contributed by atoms with E-state index >= 15 is 0 Å². The summed E-state index contributed by atoms with van der Waals surface area (Å²) >= 11 is 0. The number of hydrogen-bond acceptors (Lipinski definition) is 4. The minimum Gasteiger partial charge on any atom is -0.494 e. The normalized spacial score (nSPS) is 10.3. The molecule has 0 radical (unpaired) electrons. The van der Waals surface area contributed by atoms with Crippen molar-refractivity contribution in [1.29, 1.82) is 0 Å². The molecule has 0 unspecified atom stereocenters. The molecule has 0 N–H and O–H groups in total. The van der Waals surface area contributed by atoms with Gasteiger partial charge < -0.3 is 9.30 Å². The molecule has 2 heterocycles. The first-order valence-electron chi connectivity index (χ1n) is 4.73. The second-order valence-corrected chi connectivity index (χ2v) is 3.02. The third kappa shape index (κ3) is 1.68. The van der Waals surface area contributed by atoms with E-state index in [-0.39, 0.29) is 0 Å². The first-order valence-corrected chi connectivity index (χ1v) is 4.73. The van der Waals surface area contributed by atoms with Crippen molar-refractivity contribution in [3.63, 3.8) is 0 Å². The topological polar surface area (TPSA) is 52.8 Å². The van der Waals surface area contributed by atoms with Crippen molar-refractivity contribution in [1.82, 2.24) is 19.7 Å². The monoisotopic (exact) mass is 204 g/mol. The van der Waals surface area contributed by atoms with Gasteiger partial charge in [-0.1, -0.05) is 0 Å². The maximum atomic E-state index is 5.23. The maximum Gasteiger partial charge on any atom is 0.167 e. The van der Waals surface area contributed by atoms with Gasteiger partial charge in [-0.3, -0.25) is 4.98 Å². The number of aromatic nitrogens is 4. The van der Waals surface area contributed by atoms with Crippen LogP contribution in [0, 0.1) is 0 Å². The zero-order valence-electron chi connectivity index (χ0n) is 8.71. The zero-order chi connectivity index (χ0) is 10.7. The molecule has 78 valence electrons. The van der Waals surface area contributed by atoms with Crippen LogP contribution in [0.2, 0.25) is 0 Å². The quantitative estimate of drug-likeness (QED) is 0.757. The molecule has 0 fully saturated rings. The molecule has 0 aliphatic rings. The van der Waals surface area contributed by atoms with Gasteiger partial charge in [-0.05, 0) is 13.0 Å². The highest BCUT2D eigenvalue weighted by Crippen LogP contribution is 2.26. The number of rotatable bonds is 3. The number of methoxy groups -OCH3 is 1. The lowest BCUT2D eigenvalue weighted by Crippen LogP contribution is -1.98. The third-order valence-corrected chi connectivity index (χ3v) is 2.20. The highest BCUT2D eigenvalue weighted by Gasteiger charge is 2.11. The second-order valence-electron chi connectivity index (χ2n) is 3.02. The molecule has 2 rings (SSSR count). The fourth-order valence-electron chi connectivity index (χ4n) is 1.42. The summed E-state index contributed by atoms with van der Waals surface area (Å²) in [5.74, 6) is 1.51. The molecule has 5 nitrogen and oxygen atoms in total. The van der Waals surface area contributed by atoms with E-state index in [1.54, 1.807) is 25.8 Å². The molecule has 0 atom stereocenters. The Labute approximate surface area is 87.7 Å². The number of nitrogens with zero attached hydrogens (tertiary/aromatic N) is 4. The summed E-state index contributed by atoms with van der Waals surface area (Å²) in [5.41, 5.74) is 0.909. The van der Waals surface area contributed by atoms with Crippen LogP contribution in [0.1, 0.15) is 6.92 Å². The van der Waals surface area contributed by atoms with Gasteiger partial charge in [-0.2, -0.15) is 0 Å². The molecule has 0 saturated heterocycles. The van der Waals surface area contributed by atoms with E-state index < -0.39 is 0 Å². The Bertz CT molecular complexity index is 452. The molecule has 0 saturated carbocycles. The van der Waals surface area contributed by atoms with Crippen LogP contribution in [-0.4, -0.2) is 26.9 Å². The van der Waals surface area contributed by atoms with Gasteiger partial charge in [0.05, 0.1) is 18.9 Å². The standard InChI is InChI=1S/C10H12N4O/c1-3-14-7-12-13-10(14)8-4-5-11-6-9(8)15-2/h4-7H,3H2,1-2H3. The van der Waals surface area contributed by atoms with Crippen LogP contribution in [-0.2, 0) is 6.54 Å². The predicted molar refractivity (Wildman–Crippen MR) is 55.5 cm³/mol. The van der Waals surface area contributed by atoms with Crippen molar-refractivity contribution >= 4 is 0 Å². The van der Waals surface area contributed by atoms with Gasteiger partial charge >= 0.3 is 0 Å². The van der Waals surface area contributed by atoms with Crippen molar-refractivity contribution in [3.05, 3.63) is 24.8 Å². The molecular weight excluding hydrogens is 192 g/mol. The van der Waals surface area contributed by atoms with Crippen molar-refractivity contribution < 1.29 is 4.74 Å². The first-order chi connectivity index (χ1) is 7.36. The Morgan fingerprint density at radius 3 is 3.07 bits per heavy atom. The third-order valence-electron chi connectivity index (χ3n) is 2.20. The number of pyridine rings is 1. The molecule has 0 amide bonds. The van der Waals surface area contributed by atoms with E-state index in [0.29, 0.717) is 5.75 Å². The lowest BCUT2D eigenvalue weighted by molar-refractivity contribution is 0.414. The Kier molecular flexibility index (Phi) is 2.62. The Morgan fingerprint density at radius 1 is 1.47 bits per heavy atom. The van der Waals surface area contributed by atoms with E-state index in [2.05, 4.69) is 15.2 Å². The number of hydrogen-bond donors (Lipinski definition) is 0. The van der Waals surface area contributed by atoms with E-state index in [9.17, 15) is 0 Å². The molecule has 2 aromatic rings. The molecule has 15 heavy (non-hydrogen) atoms. The highest BCUT2D eigenvalue weighted by atomic mass is 16.5. The number of aryl methyl sites for hydroxylation is 1. The fourth-order valence-corrected chi connectivity index (χ4v) is 1.42. The highest BCUT2D eigenvalue weighted by molar-refractivity contribution is 5.62.